The summed E-state index contributed by atoms with van der Waals surface area (Å²) in [6.07, 6.45) is 3.73. The van der Waals surface area contributed by atoms with E-state index in [0.29, 0.717) is 6.54 Å². The van der Waals surface area contributed by atoms with Crippen LogP contribution in [0, 0.1) is 0 Å². The first-order valence-corrected chi connectivity index (χ1v) is 8.23. The van der Waals surface area contributed by atoms with Gasteiger partial charge in [-0.1, -0.05) is 42.5 Å². The Labute approximate surface area is 147 Å². The van der Waals surface area contributed by atoms with Gasteiger partial charge in [-0.2, -0.15) is 0 Å². The molecule has 0 spiro atoms. The molecule has 0 saturated heterocycles. The molecule has 5 heteroatoms. The van der Waals surface area contributed by atoms with E-state index in [9.17, 15) is 9.90 Å². The zero-order chi connectivity index (χ0) is 17.6. The quantitative estimate of drug-likeness (QED) is 0.727. The van der Waals surface area contributed by atoms with Gasteiger partial charge in [-0.25, -0.2) is 4.98 Å². The molecule has 0 radical (unpaired) electrons. The number of nitrogens with one attached hydrogen (secondary N) is 1. The minimum atomic E-state index is -0.176. The van der Waals surface area contributed by atoms with Crippen LogP contribution in [-0.4, -0.2) is 20.6 Å². The largest absolute Gasteiger partial charge is 0.508 e. The fourth-order valence-electron chi connectivity index (χ4n) is 2.75. The molecule has 1 amide bonds. The maximum absolute atomic E-state index is 12.4. The number of amides is 1. The third-order valence-corrected chi connectivity index (χ3v) is 4.08. The summed E-state index contributed by atoms with van der Waals surface area (Å²) in [5, 5.41) is 12.5. The van der Waals surface area contributed by atoms with Gasteiger partial charge in [0, 0.05) is 18.4 Å². The first-order chi connectivity index (χ1) is 12.1. The molecule has 2 N–H and O–H groups in total. The molecule has 128 valence electrons. The van der Waals surface area contributed by atoms with Crippen molar-refractivity contribution < 1.29 is 9.90 Å². The summed E-state index contributed by atoms with van der Waals surface area (Å²) in [4.78, 5) is 16.5. The van der Waals surface area contributed by atoms with Crippen LogP contribution in [0.1, 0.15) is 29.8 Å². The summed E-state index contributed by atoms with van der Waals surface area (Å²) in [6, 6.07) is 16.8. The van der Waals surface area contributed by atoms with Crippen LogP contribution < -0.4 is 5.32 Å². The normalized spacial score (nSPS) is 11.9. The minimum Gasteiger partial charge on any atom is -0.508 e. The molecule has 3 rings (SSSR count). The molecular formula is C20H21N3O2. The molecule has 1 aromatic heterocycles. The fourth-order valence-corrected chi connectivity index (χ4v) is 2.75. The Morgan fingerprint density at radius 3 is 2.76 bits per heavy atom. The second-order valence-electron chi connectivity index (χ2n) is 6.06. The van der Waals surface area contributed by atoms with E-state index >= 15 is 0 Å². The summed E-state index contributed by atoms with van der Waals surface area (Å²) in [5.41, 5.74) is 2.89. The van der Waals surface area contributed by atoms with Gasteiger partial charge in [0.2, 0.25) is 5.91 Å². The molecule has 1 atom stereocenters. The lowest BCUT2D eigenvalue weighted by Crippen LogP contribution is -2.28. The van der Waals surface area contributed by atoms with E-state index < -0.39 is 0 Å². The molecule has 0 saturated carbocycles. The third kappa shape index (κ3) is 4.47. The van der Waals surface area contributed by atoms with E-state index in [1.807, 2.05) is 47.9 Å². The monoisotopic (exact) mass is 335 g/mol. The molecule has 5 nitrogen and oxygen atoms in total. The van der Waals surface area contributed by atoms with Crippen molar-refractivity contribution in [1.29, 1.82) is 0 Å². The zero-order valence-electron chi connectivity index (χ0n) is 14.1. The first kappa shape index (κ1) is 16.8. The van der Waals surface area contributed by atoms with Gasteiger partial charge in [0.05, 0.1) is 18.8 Å². The Morgan fingerprint density at radius 2 is 2.00 bits per heavy atom. The number of aromatic nitrogens is 2. The second kappa shape index (κ2) is 7.66. The molecule has 0 fully saturated rings. The number of hydrogen-bond acceptors (Lipinski definition) is 3. The number of phenols is 1. The lowest BCUT2D eigenvalue weighted by molar-refractivity contribution is -0.121. The number of carbonyl (C=O) groups is 1. The lowest BCUT2D eigenvalue weighted by atomic mass is 10.1. The summed E-state index contributed by atoms with van der Waals surface area (Å²) in [7, 11) is 0. The number of rotatable bonds is 6. The molecule has 0 aliphatic carbocycles. The molecule has 2 aromatic carbocycles. The van der Waals surface area contributed by atoms with Crippen LogP contribution in [0.5, 0.6) is 5.75 Å². The van der Waals surface area contributed by atoms with Gasteiger partial charge in [-0.3, -0.25) is 4.79 Å². The van der Waals surface area contributed by atoms with E-state index in [-0.39, 0.29) is 24.1 Å². The van der Waals surface area contributed by atoms with Crippen LogP contribution in [0.25, 0.3) is 0 Å². The minimum absolute atomic E-state index is 0.0781. The van der Waals surface area contributed by atoms with Crippen molar-refractivity contribution in [2.24, 2.45) is 0 Å². The van der Waals surface area contributed by atoms with E-state index in [1.54, 1.807) is 30.7 Å². The lowest BCUT2D eigenvalue weighted by Gasteiger charge is -2.15. The Kier molecular flexibility index (Phi) is 5.14. The first-order valence-electron chi connectivity index (χ1n) is 8.23. The predicted octanol–water partition coefficient (Wildman–Crippen LogP) is 3.06. The summed E-state index contributed by atoms with van der Waals surface area (Å²) in [6.45, 7) is 2.58. The second-order valence-corrected chi connectivity index (χ2v) is 6.06. The molecule has 0 aliphatic rings. The van der Waals surface area contributed by atoms with Crippen LogP contribution in [0.2, 0.25) is 0 Å². The number of carbonyl (C=O) groups excluding carboxylic acids is 1. The average molecular weight is 335 g/mol. The van der Waals surface area contributed by atoms with Gasteiger partial charge in [0.25, 0.3) is 0 Å². The van der Waals surface area contributed by atoms with E-state index in [2.05, 4.69) is 10.3 Å². The summed E-state index contributed by atoms with van der Waals surface area (Å²) in [5.74, 6) is 0.116. The van der Waals surface area contributed by atoms with Crippen molar-refractivity contribution in [2.45, 2.75) is 25.9 Å². The van der Waals surface area contributed by atoms with Crippen LogP contribution in [0.3, 0.4) is 0 Å². The standard InChI is InChI=1S/C20H21N3O2/c1-15(17-8-5-9-19(24)10-17)22-20(25)11-18-12-21-14-23(18)13-16-6-3-2-4-7-16/h2-10,12,14-15,24H,11,13H2,1H3,(H,22,25). The maximum atomic E-state index is 12.4. The molecule has 3 aromatic rings. The van der Waals surface area contributed by atoms with Crippen LogP contribution in [0.15, 0.2) is 67.1 Å². The van der Waals surface area contributed by atoms with Crippen LogP contribution >= 0.6 is 0 Å². The smallest absolute Gasteiger partial charge is 0.226 e. The predicted molar refractivity (Wildman–Crippen MR) is 96.1 cm³/mol. The highest BCUT2D eigenvalue weighted by Gasteiger charge is 2.13. The molecule has 1 unspecified atom stereocenters. The number of nitrogens with zero attached hydrogens (tertiary/aromatic N) is 2. The van der Waals surface area contributed by atoms with Crippen molar-refractivity contribution >= 4 is 5.91 Å². The van der Waals surface area contributed by atoms with Gasteiger partial charge < -0.3 is 15.0 Å². The SMILES string of the molecule is CC(NC(=O)Cc1cncn1Cc1ccccc1)c1cccc(O)c1. The van der Waals surface area contributed by atoms with E-state index in [1.165, 1.54) is 0 Å². The van der Waals surface area contributed by atoms with Crippen LogP contribution in [-0.2, 0) is 17.8 Å². The van der Waals surface area contributed by atoms with Crippen molar-refractivity contribution in [1.82, 2.24) is 14.9 Å². The van der Waals surface area contributed by atoms with Gasteiger partial charge in [0.1, 0.15) is 5.75 Å². The number of imidazole rings is 1. The van der Waals surface area contributed by atoms with Crippen molar-refractivity contribution in [3.8, 4) is 5.75 Å². The number of benzene rings is 2. The Hall–Kier alpha value is -3.08. The fraction of sp³-hybridized carbons (Fsp3) is 0.200. The molecule has 0 aliphatic heterocycles. The Morgan fingerprint density at radius 1 is 1.20 bits per heavy atom. The average Bonchev–Trinajstić information content (AvgIpc) is 3.02. The van der Waals surface area contributed by atoms with E-state index in [0.717, 1.165) is 16.8 Å². The third-order valence-electron chi connectivity index (χ3n) is 4.08. The molecule has 1 heterocycles. The topological polar surface area (TPSA) is 67.2 Å². The number of phenolic OH excluding ortho intramolecular Hbond substituents is 1. The molecular weight excluding hydrogens is 314 g/mol. The van der Waals surface area contributed by atoms with Gasteiger partial charge in [-0.15, -0.1) is 0 Å². The molecule has 0 bridgehead atoms. The number of aromatic hydroxyl groups is 1. The maximum Gasteiger partial charge on any atom is 0.226 e. The van der Waals surface area contributed by atoms with Gasteiger partial charge in [-0.05, 0) is 30.2 Å². The molecule has 25 heavy (non-hydrogen) atoms. The van der Waals surface area contributed by atoms with Crippen molar-refractivity contribution in [3.63, 3.8) is 0 Å². The Bertz CT molecular complexity index is 843. The number of hydrogen-bond donors (Lipinski definition) is 2. The van der Waals surface area contributed by atoms with Gasteiger partial charge in [0.15, 0.2) is 0 Å². The van der Waals surface area contributed by atoms with Crippen LogP contribution in [0.4, 0.5) is 0 Å². The summed E-state index contributed by atoms with van der Waals surface area (Å²) < 4.78 is 1.98. The van der Waals surface area contributed by atoms with Crippen molar-refractivity contribution in [3.05, 3.63) is 83.9 Å². The zero-order valence-corrected chi connectivity index (χ0v) is 14.1. The highest BCUT2D eigenvalue weighted by atomic mass is 16.3. The van der Waals surface area contributed by atoms with Gasteiger partial charge >= 0.3 is 0 Å². The summed E-state index contributed by atoms with van der Waals surface area (Å²) >= 11 is 0. The van der Waals surface area contributed by atoms with E-state index in [4.69, 9.17) is 0 Å². The highest BCUT2D eigenvalue weighted by Crippen LogP contribution is 2.18. The Balaban J connectivity index is 1.63. The van der Waals surface area contributed by atoms with Crippen molar-refractivity contribution in [2.75, 3.05) is 0 Å². The highest BCUT2D eigenvalue weighted by molar-refractivity contribution is 5.78.